The van der Waals surface area contributed by atoms with Crippen molar-refractivity contribution in [1.29, 1.82) is 0 Å². The Morgan fingerprint density at radius 3 is 1.31 bits per heavy atom. The van der Waals surface area contributed by atoms with Crippen LogP contribution in [0.1, 0.15) is 22.4 Å². The monoisotopic (exact) mass is 1330 g/mol. The molecule has 0 aliphatic heterocycles. The molecule has 0 saturated heterocycles. The van der Waals surface area contributed by atoms with E-state index >= 15 is 0 Å². The van der Waals surface area contributed by atoms with E-state index in [2.05, 4.69) is 157 Å². The summed E-state index contributed by atoms with van der Waals surface area (Å²) < 4.78 is 0. The topological polar surface area (TPSA) is 38.7 Å². The molecule has 0 aliphatic carbocycles. The molecule has 3 radical (unpaired) electrons. The standard InChI is InChI=1S/2C19H16N.C17H12N.3Ir/c1-14-11-15(2)13-18(12-14)16-6-8-17(9-7-16)19-5-3-4-10-20-19;1-14-11-15(2)20-19(12-14)18-10-6-9-17(13-18)16-7-4-3-5-8-16;1-2-6-14(7-3-1)15-9-11-16(12-10-15)17-8-4-5-13-18-17;;;/h3-8,10-13H,1-2H3;3-9,11-13H,1-2H3;1-11,13H;;;/q3*-1;;;. The molecule has 0 unspecified atom stereocenters. The molecule has 3 aromatic heterocycles. The Bertz CT molecular complexity index is 2570. The van der Waals surface area contributed by atoms with Crippen molar-refractivity contribution >= 4 is 0 Å². The van der Waals surface area contributed by atoms with Crippen molar-refractivity contribution in [2.45, 2.75) is 27.7 Å². The first-order chi connectivity index (χ1) is 28.4. The molecule has 0 saturated carbocycles. The van der Waals surface area contributed by atoms with Crippen LogP contribution in [-0.4, -0.2) is 15.0 Å². The Hall–Kier alpha value is -5.28. The fourth-order valence-corrected chi connectivity index (χ4v) is 6.75. The zero-order chi connectivity index (χ0) is 40.1. The van der Waals surface area contributed by atoms with Crippen LogP contribution in [0.15, 0.2) is 194 Å². The van der Waals surface area contributed by atoms with Gasteiger partial charge in [0.05, 0.1) is 0 Å². The number of aryl methyl sites for hydroxylation is 4. The van der Waals surface area contributed by atoms with Crippen molar-refractivity contribution in [1.82, 2.24) is 15.0 Å². The van der Waals surface area contributed by atoms with Gasteiger partial charge in [-0.1, -0.05) is 148 Å². The van der Waals surface area contributed by atoms with Crippen LogP contribution in [0.4, 0.5) is 0 Å². The third kappa shape index (κ3) is 13.9. The van der Waals surface area contributed by atoms with E-state index in [9.17, 15) is 0 Å². The van der Waals surface area contributed by atoms with E-state index in [0.29, 0.717) is 0 Å². The molecule has 0 fully saturated rings. The fraction of sp³-hybridized carbons (Fsp3) is 0.0727. The molecule has 6 heteroatoms. The van der Waals surface area contributed by atoms with Crippen LogP contribution in [0, 0.1) is 45.9 Å². The molecule has 309 valence electrons. The summed E-state index contributed by atoms with van der Waals surface area (Å²) in [6.45, 7) is 8.38. The van der Waals surface area contributed by atoms with Crippen molar-refractivity contribution in [2.24, 2.45) is 0 Å². The van der Waals surface area contributed by atoms with E-state index in [1.54, 1.807) is 12.4 Å². The normalized spacial score (nSPS) is 9.90. The Balaban J connectivity index is 0.000000197. The number of nitrogens with zero attached hydrogens (tertiary/aromatic N) is 3. The summed E-state index contributed by atoms with van der Waals surface area (Å²) in [4.78, 5) is 13.3. The third-order valence-corrected chi connectivity index (χ3v) is 9.45. The SMILES string of the molecule is Cc1cc(C)cc(-c2c[c-]c(-c3ccccn3)cc2)c1.Cc1cc(C)nc(-c2[c-]ccc(-c3ccccc3)c2)c1.[Ir].[Ir].[Ir].[c-]1cc(-c2ccccc2)ccc1-c1ccccn1. The van der Waals surface area contributed by atoms with Crippen LogP contribution in [0.25, 0.3) is 67.2 Å². The van der Waals surface area contributed by atoms with Gasteiger partial charge in [-0.25, -0.2) is 0 Å². The van der Waals surface area contributed by atoms with Gasteiger partial charge in [-0.2, -0.15) is 0 Å². The molecule has 9 rings (SSSR count). The molecule has 0 atom stereocenters. The summed E-state index contributed by atoms with van der Waals surface area (Å²) in [5.74, 6) is 0. The number of rotatable bonds is 6. The maximum atomic E-state index is 4.61. The zero-order valence-electron chi connectivity index (χ0n) is 34.3. The molecular formula is C55H44Ir3N3-3. The summed E-state index contributed by atoms with van der Waals surface area (Å²) >= 11 is 0. The van der Waals surface area contributed by atoms with E-state index in [-0.39, 0.29) is 60.3 Å². The van der Waals surface area contributed by atoms with E-state index in [4.69, 9.17) is 0 Å². The average Bonchev–Trinajstić information content (AvgIpc) is 3.28. The fourth-order valence-electron chi connectivity index (χ4n) is 6.75. The summed E-state index contributed by atoms with van der Waals surface area (Å²) in [6.07, 6.45) is 3.61. The molecule has 0 N–H and O–H groups in total. The smallest absolute Gasteiger partial charge is 0.0268 e. The minimum Gasteiger partial charge on any atom is -0.305 e. The molecule has 0 bridgehead atoms. The largest absolute Gasteiger partial charge is 0.305 e. The minimum absolute atomic E-state index is 0. The van der Waals surface area contributed by atoms with Crippen LogP contribution >= 0.6 is 0 Å². The van der Waals surface area contributed by atoms with Crippen molar-refractivity contribution in [3.63, 3.8) is 0 Å². The minimum atomic E-state index is 0. The molecule has 3 heterocycles. The first-order valence-corrected chi connectivity index (χ1v) is 19.4. The Labute approximate surface area is 401 Å². The molecule has 3 nitrogen and oxygen atoms in total. The van der Waals surface area contributed by atoms with Gasteiger partial charge in [0.15, 0.2) is 0 Å². The number of benzene rings is 6. The predicted molar refractivity (Wildman–Crippen MR) is 241 cm³/mol. The van der Waals surface area contributed by atoms with Gasteiger partial charge in [-0.3, -0.25) is 0 Å². The van der Waals surface area contributed by atoms with Gasteiger partial charge < -0.3 is 15.0 Å². The third-order valence-electron chi connectivity index (χ3n) is 9.45. The van der Waals surface area contributed by atoms with Gasteiger partial charge in [0.2, 0.25) is 0 Å². The Kier molecular flexibility index (Phi) is 19.2. The first kappa shape index (κ1) is 48.4. The average molecular weight is 1320 g/mol. The second kappa shape index (κ2) is 24.2. The molecule has 0 aliphatic rings. The van der Waals surface area contributed by atoms with Gasteiger partial charge in [0, 0.05) is 78.4 Å². The summed E-state index contributed by atoms with van der Waals surface area (Å²) in [5.41, 5.74) is 18.1. The summed E-state index contributed by atoms with van der Waals surface area (Å²) in [7, 11) is 0. The van der Waals surface area contributed by atoms with Gasteiger partial charge in [-0.05, 0) is 68.5 Å². The van der Waals surface area contributed by atoms with Gasteiger partial charge in [0.1, 0.15) is 0 Å². The Morgan fingerprint density at radius 2 is 0.836 bits per heavy atom. The van der Waals surface area contributed by atoms with Gasteiger partial charge in [-0.15, -0.1) is 95.1 Å². The summed E-state index contributed by atoms with van der Waals surface area (Å²) in [6, 6.07) is 71.8. The van der Waals surface area contributed by atoms with Crippen molar-refractivity contribution in [3.8, 4) is 67.2 Å². The van der Waals surface area contributed by atoms with Crippen LogP contribution in [0.5, 0.6) is 0 Å². The van der Waals surface area contributed by atoms with Crippen LogP contribution in [-0.2, 0) is 60.3 Å². The van der Waals surface area contributed by atoms with Crippen LogP contribution < -0.4 is 0 Å². The second-order valence-electron chi connectivity index (χ2n) is 14.2. The maximum absolute atomic E-state index is 4.61. The van der Waals surface area contributed by atoms with Gasteiger partial charge in [0.25, 0.3) is 0 Å². The molecule has 0 spiro atoms. The molecule has 61 heavy (non-hydrogen) atoms. The number of aromatic nitrogens is 3. The Morgan fingerprint density at radius 1 is 0.344 bits per heavy atom. The molecule has 0 amide bonds. The predicted octanol–water partition coefficient (Wildman–Crippen LogP) is 13.9. The van der Waals surface area contributed by atoms with E-state index < -0.39 is 0 Å². The van der Waals surface area contributed by atoms with Crippen LogP contribution in [0.2, 0.25) is 0 Å². The van der Waals surface area contributed by atoms with E-state index in [1.807, 2.05) is 85.8 Å². The van der Waals surface area contributed by atoms with Crippen LogP contribution in [0.3, 0.4) is 0 Å². The van der Waals surface area contributed by atoms with Crippen molar-refractivity contribution < 1.29 is 60.3 Å². The van der Waals surface area contributed by atoms with Gasteiger partial charge >= 0.3 is 0 Å². The quantitative estimate of drug-likeness (QED) is 0.156. The number of hydrogen-bond acceptors (Lipinski definition) is 3. The van der Waals surface area contributed by atoms with Crippen molar-refractivity contribution in [3.05, 3.63) is 235 Å². The number of hydrogen-bond donors (Lipinski definition) is 0. The molecular weight excluding hydrogens is 1280 g/mol. The number of pyridine rings is 3. The van der Waals surface area contributed by atoms with Crippen molar-refractivity contribution in [2.75, 3.05) is 0 Å². The molecule has 9 aromatic rings. The molecule has 6 aromatic carbocycles. The summed E-state index contributed by atoms with van der Waals surface area (Å²) in [5, 5.41) is 0. The zero-order valence-corrected chi connectivity index (χ0v) is 41.5. The second-order valence-corrected chi connectivity index (χ2v) is 14.2. The maximum Gasteiger partial charge on any atom is 0.0268 e. The first-order valence-electron chi connectivity index (χ1n) is 19.4. The van der Waals surface area contributed by atoms with E-state index in [1.165, 1.54) is 50.1 Å². The van der Waals surface area contributed by atoms with E-state index in [0.717, 1.165) is 39.5 Å².